The number of carbonyl (C=O) groups is 2. The minimum atomic E-state index is -0.767. The number of rotatable bonds is 1. The van der Waals surface area contributed by atoms with E-state index in [1.54, 1.807) is 0 Å². The van der Waals surface area contributed by atoms with Gasteiger partial charge in [-0.25, -0.2) is 0 Å². The zero-order chi connectivity index (χ0) is 18.2. The molecule has 5 nitrogen and oxygen atoms in total. The van der Waals surface area contributed by atoms with Gasteiger partial charge in [0.05, 0.1) is 30.7 Å². The summed E-state index contributed by atoms with van der Waals surface area (Å²) in [6.07, 6.45) is 3.18. The molecule has 6 atom stereocenters. The third-order valence-electron chi connectivity index (χ3n) is 6.16. The van der Waals surface area contributed by atoms with Gasteiger partial charge in [0, 0.05) is 17.0 Å². The van der Waals surface area contributed by atoms with Crippen LogP contribution in [0.15, 0.2) is 30.3 Å². The molecule has 26 heavy (non-hydrogen) atoms. The number of ether oxygens (including phenoxy) is 2. The smallest absolute Gasteiger partial charge is 0.218 e. The standard InChI is InChI=1S/C21H23NO4/c1-21(2,3)19(24)17-16-14-10-25-20(26-14)18(23)15(16)13-9-8-11-6-4-5-7-12(11)22(13)17/h4-9,13-17,20H,10H2,1-3H3. The van der Waals surface area contributed by atoms with Crippen molar-refractivity contribution in [1.82, 2.24) is 0 Å². The van der Waals surface area contributed by atoms with E-state index in [1.165, 1.54) is 0 Å². The van der Waals surface area contributed by atoms with Gasteiger partial charge < -0.3 is 14.4 Å². The number of benzene rings is 1. The van der Waals surface area contributed by atoms with Crippen molar-refractivity contribution in [1.29, 1.82) is 0 Å². The first-order valence-electron chi connectivity index (χ1n) is 9.28. The number of ketones is 2. The molecule has 4 aliphatic heterocycles. The molecule has 4 heterocycles. The minimum absolute atomic E-state index is 0.0213. The second-order valence-corrected chi connectivity index (χ2v) is 8.72. The molecule has 3 saturated heterocycles. The molecule has 4 aliphatic rings. The molecule has 5 rings (SSSR count). The molecule has 3 fully saturated rings. The number of hydrogen-bond donors (Lipinski definition) is 0. The average molecular weight is 353 g/mol. The summed E-state index contributed by atoms with van der Waals surface area (Å²) in [5.74, 6) is -0.301. The van der Waals surface area contributed by atoms with E-state index in [4.69, 9.17) is 9.47 Å². The quantitative estimate of drug-likeness (QED) is 0.776. The van der Waals surface area contributed by atoms with E-state index in [9.17, 15) is 9.59 Å². The molecule has 0 saturated carbocycles. The van der Waals surface area contributed by atoms with Crippen LogP contribution in [-0.2, 0) is 19.1 Å². The second kappa shape index (κ2) is 5.27. The van der Waals surface area contributed by atoms with Crippen molar-refractivity contribution >= 4 is 23.3 Å². The van der Waals surface area contributed by atoms with Gasteiger partial charge in [-0.05, 0) is 11.6 Å². The number of anilines is 1. The highest BCUT2D eigenvalue weighted by molar-refractivity contribution is 5.98. The van der Waals surface area contributed by atoms with E-state index >= 15 is 0 Å². The third-order valence-corrected chi connectivity index (χ3v) is 6.16. The van der Waals surface area contributed by atoms with E-state index in [-0.39, 0.29) is 41.6 Å². The summed E-state index contributed by atoms with van der Waals surface area (Å²) in [5.41, 5.74) is 1.62. The predicted octanol–water partition coefficient (Wildman–Crippen LogP) is 2.44. The molecule has 0 N–H and O–H groups in total. The Balaban J connectivity index is 1.69. The van der Waals surface area contributed by atoms with Crippen molar-refractivity contribution in [3.63, 3.8) is 0 Å². The summed E-state index contributed by atoms with van der Waals surface area (Å²) in [7, 11) is 0. The molecule has 0 aromatic heterocycles. The Hall–Kier alpha value is -1.98. The Kier molecular flexibility index (Phi) is 3.29. The highest BCUT2D eigenvalue weighted by atomic mass is 16.7. The lowest BCUT2D eigenvalue weighted by Gasteiger charge is -2.38. The summed E-state index contributed by atoms with van der Waals surface area (Å²) in [6.45, 7) is 6.23. The lowest BCUT2D eigenvalue weighted by Crippen LogP contribution is -2.51. The highest BCUT2D eigenvalue weighted by Gasteiger charge is 2.64. The van der Waals surface area contributed by atoms with Crippen molar-refractivity contribution in [2.75, 3.05) is 11.5 Å². The summed E-state index contributed by atoms with van der Waals surface area (Å²) in [5, 5.41) is 0. The molecule has 136 valence electrons. The summed E-state index contributed by atoms with van der Waals surface area (Å²) in [6, 6.07) is 7.59. The number of para-hydroxylation sites is 1. The van der Waals surface area contributed by atoms with Crippen molar-refractivity contribution in [3.05, 3.63) is 35.9 Å². The van der Waals surface area contributed by atoms with Crippen LogP contribution in [-0.4, -0.2) is 42.7 Å². The third kappa shape index (κ3) is 2.04. The van der Waals surface area contributed by atoms with Gasteiger partial charge in [0.25, 0.3) is 0 Å². The zero-order valence-corrected chi connectivity index (χ0v) is 15.2. The first-order valence-corrected chi connectivity index (χ1v) is 9.28. The average Bonchev–Trinajstić information content (AvgIpc) is 3.19. The fraction of sp³-hybridized carbons (Fsp3) is 0.524. The van der Waals surface area contributed by atoms with Crippen LogP contribution in [0.4, 0.5) is 5.69 Å². The lowest BCUT2D eigenvalue weighted by molar-refractivity contribution is -0.164. The van der Waals surface area contributed by atoms with E-state index in [2.05, 4.69) is 23.1 Å². The number of fused-ring (bicyclic) bond motifs is 8. The van der Waals surface area contributed by atoms with Crippen molar-refractivity contribution in [2.24, 2.45) is 17.3 Å². The van der Waals surface area contributed by atoms with Crippen LogP contribution in [0.5, 0.6) is 0 Å². The van der Waals surface area contributed by atoms with Crippen LogP contribution < -0.4 is 4.90 Å². The predicted molar refractivity (Wildman–Crippen MR) is 96.6 cm³/mol. The SMILES string of the molecule is CC(C)(C)C(=O)C1C2C3COC(O3)C(=O)C2C2C=Cc3ccccc3N21. The van der Waals surface area contributed by atoms with Crippen LogP contribution in [0, 0.1) is 17.3 Å². The number of nitrogens with zero attached hydrogens (tertiary/aromatic N) is 1. The molecule has 0 radical (unpaired) electrons. The largest absolute Gasteiger partial charge is 0.353 e. The molecule has 5 heteroatoms. The molecule has 6 unspecified atom stereocenters. The molecular weight excluding hydrogens is 330 g/mol. The van der Waals surface area contributed by atoms with Crippen LogP contribution in [0.2, 0.25) is 0 Å². The molecule has 2 bridgehead atoms. The van der Waals surface area contributed by atoms with Crippen LogP contribution >= 0.6 is 0 Å². The molecule has 0 aliphatic carbocycles. The summed E-state index contributed by atoms with van der Waals surface area (Å²) < 4.78 is 11.4. The molecule has 1 aromatic carbocycles. The Morgan fingerprint density at radius 1 is 1.23 bits per heavy atom. The number of Topliss-reactive ketones (excluding diaryl/α,β-unsaturated/α-hetero) is 2. The normalized spacial score (nSPS) is 37.3. The maximum absolute atomic E-state index is 13.5. The van der Waals surface area contributed by atoms with Gasteiger partial charge in [-0.3, -0.25) is 9.59 Å². The van der Waals surface area contributed by atoms with Gasteiger partial charge in [0.15, 0.2) is 11.6 Å². The maximum atomic E-state index is 13.5. The fourth-order valence-electron chi connectivity index (χ4n) is 5.02. The summed E-state index contributed by atoms with van der Waals surface area (Å²) >= 11 is 0. The van der Waals surface area contributed by atoms with Crippen molar-refractivity contribution in [3.8, 4) is 0 Å². The van der Waals surface area contributed by atoms with Gasteiger partial charge >= 0.3 is 0 Å². The Morgan fingerprint density at radius 2 is 2.00 bits per heavy atom. The van der Waals surface area contributed by atoms with E-state index in [1.807, 2.05) is 39.0 Å². The van der Waals surface area contributed by atoms with E-state index in [0.717, 1.165) is 11.3 Å². The summed E-state index contributed by atoms with van der Waals surface area (Å²) in [4.78, 5) is 28.7. The van der Waals surface area contributed by atoms with Crippen LogP contribution in [0.25, 0.3) is 6.08 Å². The van der Waals surface area contributed by atoms with E-state index < -0.39 is 11.7 Å². The Bertz CT molecular complexity index is 824. The van der Waals surface area contributed by atoms with Crippen molar-refractivity contribution in [2.45, 2.75) is 45.2 Å². The first-order chi connectivity index (χ1) is 12.4. The van der Waals surface area contributed by atoms with Gasteiger partial charge in [-0.15, -0.1) is 0 Å². The molecular formula is C21H23NO4. The highest BCUT2D eigenvalue weighted by Crippen LogP contribution is 2.51. The number of carbonyl (C=O) groups excluding carboxylic acids is 2. The van der Waals surface area contributed by atoms with Gasteiger partial charge in [-0.2, -0.15) is 0 Å². The lowest BCUT2D eigenvalue weighted by atomic mass is 9.74. The van der Waals surface area contributed by atoms with E-state index in [0.29, 0.717) is 6.61 Å². The second-order valence-electron chi connectivity index (χ2n) is 8.72. The van der Waals surface area contributed by atoms with Crippen molar-refractivity contribution < 1.29 is 19.1 Å². The van der Waals surface area contributed by atoms with Crippen LogP contribution in [0.1, 0.15) is 26.3 Å². The monoisotopic (exact) mass is 353 g/mol. The molecule has 0 amide bonds. The number of hydrogen-bond acceptors (Lipinski definition) is 5. The first kappa shape index (κ1) is 16.2. The van der Waals surface area contributed by atoms with Gasteiger partial charge in [0.2, 0.25) is 6.29 Å². The maximum Gasteiger partial charge on any atom is 0.218 e. The minimum Gasteiger partial charge on any atom is -0.353 e. The van der Waals surface area contributed by atoms with Crippen LogP contribution in [0.3, 0.4) is 0 Å². The van der Waals surface area contributed by atoms with Gasteiger partial charge in [0.1, 0.15) is 0 Å². The topological polar surface area (TPSA) is 55.8 Å². The fourth-order valence-corrected chi connectivity index (χ4v) is 5.02. The Morgan fingerprint density at radius 3 is 2.77 bits per heavy atom. The molecule has 1 aromatic rings. The van der Waals surface area contributed by atoms with Gasteiger partial charge in [-0.1, -0.05) is 51.1 Å². The zero-order valence-electron chi connectivity index (χ0n) is 15.2. The molecule has 0 spiro atoms. The Labute approximate surface area is 153 Å².